The fourth-order valence-corrected chi connectivity index (χ4v) is 1.04. The van der Waals surface area contributed by atoms with E-state index >= 15 is 0 Å². The van der Waals surface area contributed by atoms with Gasteiger partial charge in [0.25, 0.3) is 0 Å². The highest BCUT2D eigenvalue weighted by Gasteiger charge is 1.98. The van der Waals surface area contributed by atoms with Crippen molar-refractivity contribution in [1.82, 2.24) is 0 Å². The normalized spacial score (nSPS) is 31.8. The van der Waals surface area contributed by atoms with Gasteiger partial charge >= 0.3 is 0 Å². The molecule has 1 aliphatic carbocycles. The van der Waals surface area contributed by atoms with Gasteiger partial charge in [0.1, 0.15) is 0 Å². The maximum absolute atomic E-state index is 3.23. The van der Waals surface area contributed by atoms with Gasteiger partial charge in [-0.3, -0.25) is 0 Å². The van der Waals surface area contributed by atoms with Gasteiger partial charge in [-0.05, 0) is 19.8 Å². The molecule has 0 heterocycles. The lowest BCUT2D eigenvalue weighted by Crippen LogP contribution is -1.94. The number of hydrogen-bond donors (Lipinski definition) is 0. The smallest absolute Gasteiger partial charge is 0.0354 e. The summed E-state index contributed by atoms with van der Waals surface area (Å²) in [4.78, 5) is 0. The van der Waals surface area contributed by atoms with Crippen molar-refractivity contribution >= 4 is 0 Å². The average molecular weight is 134 g/mol. The molecule has 1 rings (SSSR count). The Kier molecular flexibility index (Phi) is 2.57. The maximum atomic E-state index is 3.23. The minimum absolute atomic E-state index is 0.461. The zero-order valence-electron chi connectivity index (χ0n) is 6.72. The molecule has 0 fully saturated rings. The second-order valence-corrected chi connectivity index (χ2v) is 2.98. The molecule has 0 aromatic rings. The van der Waals surface area contributed by atoms with Crippen molar-refractivity contribution in [2.75, 3.05) is 0 Å². The first kappa shape index (κ1) is 7.41. The minimum atomic E-state index is 0.461. The standard InChI is InChI=1S/C10H14/c1-9-5-3-4-6-10(2)8-7-9/h3,5,9-10H,4,6H2,1-2H3. The molecule has 0 aromatic heterocycles. The number of hydrogen-bond acceptors (Lipinski definition) is 0. The summed E-state index contributed by atoms with van der Waals surface area (Å²) in [5.74, 6) is 7.48. The third kappa shape index (κ3) is 2.27. The Morgan fingerprint density at radius 3 is 2.90 bits per heavy atom. The van der Waals surface area contributed by atoms with Crippen LogP contribution in [0, 0.1) is 23.7 Å². The summed E-state index contributed by atoms with van der Waals surface area (Å²) < 4.78 is 0. The average Bonchev–Trinajstić information content (AvgIpc) is 1.90. The molecular weight excluding hydrogens is 120 g/mol. The number of allylic oxidation sites excluding steroid dienone is 2. The molecule has 0 saturated carbocycles. The molecule has 0 nitrogen and oxygen atoms in total. The van der Waals surface area contributed by atoms with Gasteiger partial charge in [0.15, 0.2) is 0 Å². The van der Waals surface area contributed by atoms with Crippen LogP contribution < -0.4 is 0 Å². The Bertz CT molecular complexity index is 178. The van der Waals surface area contributed by atoms with Crippen LogP contribution in [-0.2, 0) is 0 Å². The van der Waals surface area contributed by atoms with Gasteiger partial charge in [0.2, 0.25) is 0 Å². The molecule has 0 bridgehead atoms. The molecule has 0 spiro atoms. The van der Waals surface area contributed by atoms with Crippen molar-refractivity contribution < 1.29 is 0 Å². The van der Waals surface area contributed by atoms with E-state index in [0.717, 1.165) is 0 Å². The van der Waals surface area contributed by atoms with Gasteiger partial charge < -0.3 is 0 Å². The van der Waals surface area contributed by atoms with Crippen LogP contribution >= 0.6 is 0 Å². The van der Waals surface area contributed by atoms with Crippen molar-refractivity contribution in [1.29, 1.82) is 0 Å². The van der Waals surface area contributed by atoms with Crippen LogP contribution in [0.1, 0.15) is 26.7 Å². The lowest BCUT2D eigenvalue weighted by Gasteiger charge is -2.04. The SMILES string of the molecule is CC1C#CC(C)CCC=C1. The monoisotopic (exact) mass is 134 g/mol. The van der Waals surface area contributed by atoms with Crippen LogP contribution in [0.2, 0.25) is 0 Å². The molecule has 0 aliphatic heterocycles. The van der Waals surface area contributed by atoms with Crippen molar-refractivity contribution in [2.24, 2.45) is 11.8 Å². The Balaban J connectivity index is 2.60. The highest BCUT2D eigenvalue weighted by molar-refractivity contribution is 5.13. The van der Waals surface area contributed by atoms with Crippen molar-refractivity contribution in [3.05, 3.63) is 12.2 Å². The highest BCUT2D eigenvalue weighted by Crippen LogP contribution is 2.09. The Morgan fingerprint density at radius 2 is 2.10 bits per heavy atom. The predicted molar refractivity (Wildman–Crippen MR) is 44.5 cm³/mol. The van der Waals surface area contributed by atoms with E-state index in [4.69, 9.17) is 0 Å². The molecule has 0 N–H and O–H groups in total. The molecule has 54 valence electrons. The fraction of sp³-hybridized carbons (Fsp3) is 0.600. The quantitative estimate of drug-likeness (QED) is 0.353. The van der Waals surface area contributed by atoms with Gasteiger partial charge in [-0.15, -0.1) is 0 Å². The topological polar surface area (TPSA) is 0 Å². The Labute approximate surface area is 63.3 Å². The maximum Gasteiger partial charge on any atom is 0.0354 e. The van der Waals surface area contributed by atoms with Crippen LogP contribution in [0.25, 0.3) is 0 Å². The molecule has 0 heteroatoms. The second-order valence-electron chi connectivity index (χ2n) is 2.98. The first-order chi connectivity index (χ1) is 4.79. The number of rotatable bonds is 0. The molecule has 10 heavy (non-hydrogen) atoms. The van der Waals surface area contributed by atoms with Crippen LogP contribution in [0.3, 0.4) is 0 Å². The summed E-state index contributed by atoms with van der Waals surface area (Å²) >= 11 is 0. The fourth-order valence-electron chi connectivity index (χ4n) is 1.04. The molecule has 0 amide bonds. The van der Waals surface area contributed by atoms with Gasteiger partial charge in [-0.1, -0.05) is 30.9 Å². The molecule has 0 saturated heterocycles. The lowest BCUT2D eigenvalue weighted by molar-refractivity contribution is 0.671. The molecular formula is C10H14. The third-order valence-corrected chi connectivity index (χ3v) is 1.75. The van der Waals surface area contributed by atoms with Crippen molar-refractivity contribution in [3.8, 4) is 11.8 Å². The van der Waals surface area contributed by atoms with Crippen LogP contribution in [0.4, 0.5) is 0 Å². The highest BCUT2D eigenvalue weighted by atomic mass is 14.0. The van der Waals surface area contributed by atoms with Gasteiger partial charge in [-0.25, -0.2) is 0 Å². The summed E-state index contributed by atoms with van der Waals surface area (Å²) in [5.41, 5.74) is 0. The van der Waals surface area contributed by atoms with E-state index in [1.165, 1.54) is 12.8 Å². The molecule has 0 aromatic carbocycles. The van der Waals surface area contributed by atoms with E-state index in [-0.39, 0.29) is 0 Å². The van der Waals surface area contributed by atoms with Crippen LogP contribution in [0.15, 0.2) is 12.2 Å². The molecule has 1 aliphatic rings. The van der Waals surface area contributed by atoms with Crippen molar-refractivity contribution in [2.45, 2.75) is 26.7 Å². The zero-order chi connectivity index (χ0) is 7.40. The third-order valence-electron chi connectivity index (χ3n) is 1.75. The zero-order valence-corrected chi connectivity index (χ0v) is 6.72. The van der Waals surface area contributed by atoms with Gasteiger partial charge in [0, 0.05) is 11.8 Å². The van der Waals surface area contributed by atoms with Crippen LogP contribution in [-0.4, -0.2) is 0 Å². The predicted octanol–water partition coefficient (Wildman–Crippen LogP) is 2.61. The van der Waals surface area contributed by atoms with E-state index in [1.54, 1.807) is 0 Å². The van der Waals surface area contributed by atoms with E-state index in [0.29, 0.717) is 11.8 Å². The van der Waals surface area contributed by atoms with E-state index < -0.39 is 0 Å². The Morgan fingerprint density at radius 1 is 1.30 bits per heavy atom. The lowest BCUT2D eigenvalue weighted by atomic mass is 10.0. The van der Waals surface area contributed by atoms with E-state index in [9.17, 15) is 0 Å². The van der Waals surface area contributed by atoms with Crippen LogP contribution in [0.5, 0.6) is 0 Å². The molecule has 0 radical (unpaired) electrons. The molecule has 2 unspecified atom stereocenters. The van der Waals surface area contributed by atoms with Gasteiger partial charge in [0.05, 0.1) is 0 Å². The summed E-state index contributed by atoms with van der Waals surface area (Å²) in [6.45, 7) is 4.33. The van der Waals surface area contributed by atoms with Gasteiger partial charge in [-0.2, -0.15) is 0 Å². The minimum Gasteiger partial charge on any atom is -0.0996 e. The van der Waals surface area contributed by atoms with Crippen molar-refractivity contribution in [3.63, 3.8) is 0 Å². The van der Waals surface area contributed by atoms with E-state index in [1.807, 2.05) is 0 Å². The summed E-state index contributed by atoms with van der Waals surface area (Å²) in [6.07, 6.45) is 6.85. The largest absolute Gasteiger partial charge is 0.0996 e. The summed E-state index contributed by atoms with van der Waals surface area (Å²) in [5, 5.41) is 0. The first-order valence-electron chi connectivity index (χ1n) is 3.97. The summed E-state index contributed by atoms with van der Waals surface area (Å²) in [6, 6.07) is 0. The first-order valence-corrected chi connectivity index (χ1v) is 3.97. The van der Waals surface area contributed by atoms with E-state index in [2.05, 4.69) is 37.8 Å². The second kappa shape index (κ2) is 3.46. The molecule has 2 atom stereocenters. The Hall–Kier alpha value is -0.700. The summed E-state index contributed by atoms with van der Waals surface area (Å²) in [7, 11) is 0.